The third kappa shape index (κ3) is 0.522. The molecule has 4 bridgehead atoms. The summed E-state index contributed by atoms with van der Waals surface area (Å²) in [7, 11) is 0. The molecule has 4 rings (SSSR count). The normalized spacial score (nSPS) is 64.7. The van der Waals surface area contributed by atoms with E-state index in [2.05, 4.69) is 12.2 Å². The Morgan fingerprint density at radius 2 is 1.33 bits per heavy atom. The van der Waals surface area contributed by atoms with E-state index in [4.69, 9.17) is 0 Å². The third-order valence-electron chi connectivity index (χ3n) is 5.19. The molecule has 4 aliphatic rings. The molecule has 0 heterocycles. The van der Waals surface area contributed by atoms with Gasteiger partial charge in [0.15, 0.2) is 0 Å². The van der Waals surface area contributed by atoms with Crippen LogP contribution in [0.15, 0.2) is 12.2 Å². The summed E-state index contributed by atoms with van der Waals surface area (Å²) in [5.41, 5.74) is 0. The maximum atomic E-state index is 2.53. The lowest BCUT2D eigenvalue weighted by atomic mass is 9.73. The molecule has 0 radical (unpaired) electrons. The molecule has 0 amide bonds. The van der Waals surface area contributed by atoms with Gasteiger partial charge in [-0.3, -0.25) is 0 Å². The van der Waals surface area contributed by atoms with Gasteiger partial charge < -0.3 is 0 Å². The van der Waals surface area contributed by atoms with Crippen molar-refractivity contribution >= 4 is 0 Å². The van der Waals surface area contributed by atoms with Crippen LogP contribution in [-0.2, 0) is 0 Å². The quantitative estimate of drug-likeness (QED) is 0.377. The Kier molecular flexibility index (Phi) is 0.939. The number of hydrogen-bond donors (Lipinski definition) is 0. The highest BCUT2D eigenvalue weighted by molar-refractivity contribution is 5.19. The van der Waals surface area contributed by atoms with E-state index in [1.807, 2.05) is 0 Å². The highest BCUT2D eigenvalue weighted by Crippen LogP contribution is 2.65. The zero-order valence-corrected chi connectivity index (χ0v) is 7.45. The summed E-state index contributed by atoms with van der Waals surface area (Å²) in [5.74, 6) is 6.66. The number of allylic oxidation sites excluding steroid dienone is 2. The van der Waals surface area contributed by atoms with Crippen LogP contribution in [0.2, 0.25) is 0 Å². The van der Waals surface area contributed by atoms with Crippen LogP contribution < -0.4 is 0 Å². The summed E-state index contributed by atoms with van der Waals surface area (Å²) < 4.78 is 0. The first-order valence-electron chi connectivity index (χ1n) is 5.62. The first-order valence-corrected chi connectivity index (χ1v) is 5.62. The molecule has 0 aromatic rings. The van der Waals surface area contributed by atoms with Crippen LogP contribution in [0.3, 0.4) is 0 Å². The molecule has 0 aliphatic heterocycles. The Hall–Kier alpha value is -0.260. The standard InChI is InChI=1S/C12H16/c1-2-8-5-7(1)11-9-3-4-10(6-9)12(8)11/h1-2,7-12H,3-6H2/t7-,8+,9+,10-,11-,12-/m0/s1. The van der Waals surface area contributed by atoms with E-state index in [0.717, 1.165) is 35.5 Å². The third-order valence-corrected chi connectivity index (χ3v) is 5.19. The van der Waals surface area contributed by atoms with E-state index < -0.39 is 0 Å². The minimum Gasteiger partial charge on any atom is -0.0848 e. The van der Waals surface area contributed by atoms with Crippen LogP contribution in [0.5, 0.6) is 0 Å². The van der Waals surface area contributed by atoms with E-state index in [0.29, 0.717) is 0 Å². The van der Waals surface area contributed by atoms with Crippen molar-refractivity contribution in [1.82, 2.24) is 0 Å². The second kappa shape index (κ2) is 1.81. The molecule has 3 fully saturated rings. The Labute approximate surface area is 74.0 Å². The van der Waals surface area contributed by atoms with E-state index in [1.165, 1.54) is 6.42 Å². The molecule has 0 aromatic heterocycles. The lowest BCUT2D eigenvalue weighted by molar-refractivity contribution is 0.206. The Balaban J connectivity index is 1.82. The molecular formula is C12H16. The van der Waals surface area contributed by atoms with Crippen LogP contribution in [0.25, 0.3) is 0 Å². The molecular weight excluding hydrogens is 144 g/mol. The van der Waals surface area contributed by atoms with Crippen LogP contribution >= 0.6 is 0 Å². The smallest absolute Gasteiger partial charge is 0.0194 e. The predicted molar refractivity (Wildman–Crippen MR) is 48.5 cm³/mol. The van der Waals surface area contributed by atoms with Gasteiger partial charge in [-0.05, 0) is 61.2 Å². The minimum atomic E-state index is 1.02. The van der Waals surface area contributed by atoms with Crippen molar-refractivity contribution in [3.05, 3.63) is 12.2 Å². The number of fused-ring (bicyclic) bond motifs is 9. The van der Waals surface area contributed by atoms with E-state index >= 15 is 0 Å². The van der Waals surface area contributed by atoms with Gasteiger partial charge in [-0.25, -0.2) is 0 Å². The molecule has 0 N–H and O–H groups in total. The van der Waals surface area contributed by atoms with Crippen LogP contribution in [0.4, 0.5) is 0 Å². The topological polar surface area (TPSA) is 0 Å². The number of rotatable bonds is 0. The first kappa shape index (κ1) is 6.23. The average Bonchev–Trinajstić information content (AvgIpc) is 2.83. The average molecular weight is 160 g/mol. The summed E-state index contributed by atoms with van der Waals surface area (Å²) in [6.45, 7) is 0. The monoisotopic (exact) mass is 160 g/mol. The van der Waals surface area contributed by atoms with Crippen molar-refractivity contribution in [3.63, 3.8) is 0 Å². The van der Waals surface area contributed by atoms with Crippen molar-refractivity contribution in [2.24, 2.45) is 35.5 Å². The lowest BCUT2D eigenvalue weighted by Gasteiger charge is -2.31. The van der Waals surface area contributed by atoms with Crippen molar-refractivity contribution in [3.8, 4) is 0 Å². The Morgan fingerprint density at radius 3 is 1.92 bits per heavy atom. The van der Waals surface area contributed by atoms with Crippen molar-refractivity contribution in [2.75, 3.05) is 0 Å². The molecule has 0 aromatic carbocycles. The van der Waals surface area contributed by atoms with E-state index in [1.54, 1.807) is 19.3 Å². The van der Waals surface area contributed by atoms with Gasteiger partial charge in [0.05, 0.1) is 0 Å². The summed E-state index contributed by atoms with van der Waals surface area (Å²) >= 11 is 0. The Bertz CT molecular complexity index is 229. The Morgan fingerprint density at radius 1 is 0.750 bits per heavy atom. The van der Waals surface area contributed by atoms with E-state index in [-0.39, 0.29) is 0 Å². The molecule has 0 nitrogen and oxygen atoms in total. The number of hydrogen-bond acceptors (Lipinski definition) is 0. The zero-order chi connectivity index (χ0) is 7.71. The second-order valence-corrected chi connectivity index (χ2v) is 5.44. The SMILES string of the molecule is C1=C[C@H]2C[C@@H]1[C@H]1[C@H]3CC[C@H](C3)[C@@H]12. The van der Waals surface area contributed by atoms with Gasteiger partial charge in [-0.15, -0.1) is 0 Å². The molecule has 12 heavy (non-hydrogen) atoms. The molecule has 64 valence electrons. The van der Waals surface area contributed by atoms with Gasteiger partial charge in [0, 0.05) is 0 Å². The van der Waals surface area contributed by atoms with Gasteiger partial charge in [-0.2, -0.15) is 0 Å². The molecule has 3 saturated carbocycles. The highest BCUT2D eigenvalue weighted by Gasteiger charge is 2.57. The highest BCUT2D eigenvalue weighted by atomic mass is 14.6. The van der Waals surface area contributed by atoms with Gasteiger partial charge in [0.2, 0.25) is 0 Å². The van der Waals surface area contributed by atoms with Gasteiger partial charge in [0.25, 0.3) is 0 Å². The van der Waals surface area contributed by atoms with Crippen LogP contribution in [0.1, 0.15) is 25.7 Å². The van der Waals surface area contributed by atoms with Crippen LogP contribution in [0, 0.1) is 35.5 Å². The second-order valence-electron chi connectivity index (χ2n) is 5.44. The van der Waals surface area contributed by atoms with Gasteiger partial charge >= 0.3 is 0 Å². The maximum Gasteiger partial charge on any atom is -0.0194 e. The van der Waals surface area contributed by atoms with Crippen molar-refractivity contribution in [1.29, 1.82) is 0 Å². The molecule has 0 unspecified atom stereocenters. The van der Waals surface area contributed by atoms with Gasteiger partial charge in [0.1, 0.15) is 0 Å². The predicted octanol–water partition coefficient (Wildman–Crippen LogP) is 2.85. The molecule has 0 saturated heterocycles. The summed E-state index contributed by atoms with van der Waals surface area (Å²) in [4.78, 5) is 0. The molecule has 4 aliphatic carbocycles. The fraction of sp³-hybridized carbons (Fsp3) is 0.833. The largest absolute Gasteiger partial charge is 0.0848 e. The summed E-state index contributed by atoms with van der Waals surface area (Å²) in [6, 6.07) is 0. The van der Waals surface area contributed by atoms with Crippen molar-refractivity contribution < 1.29 is 0 Å². The minimum absolute atomic E-state index is 1.02. The van der Waals surface area contributed by atoms with Gasteiger partial charge in [-0.1, -0.05) is 12.2 Å². The van der Waals surface area contributed by atoms with Crippen molar-refractivity contribution in [2.45, 2.75) is 25.7 Å². The summed E-state index contributed by atoms with van der Waals surface area (Å²) in [6.07, 6.45) is 11.3. The zero-order valence-electron chi connectivity index (χ0n) is 7.45. The molecule has 0 spiro atoms. The lowest BCUT2D eigenvalue weighted by Crippen LogP contribution is -2.25. The van der Waals surface area contributed by atoms with E-state index in [9.17, 15) is 0 Å². The fourth-order valence-corrected chi connectivity index (χ4v) is 4.98. The fourth-order valence-electron chi connectivity index (χ4n) is 4.98. The summed E-state index contributed by atoms with van der Waals surface area (Å²) in [5, 5.41) is 0. The maximum absolute atomic E-state index is 2.53. The first-order chi connectivity index (χ1) is 5.93. The van der Waals surface area contributed by atoms with Crippen LogP contribution in [-0.4, -0.2) is 0 Å². The molecule has 0 heteroatoms. The molecule has 6 atom stereocenters.